The average molecular weight is 518 g/mol. The van der Waals surface area contributed by atoms with Crippen molar-refractivity contribution >= 4 is 0 Å². The molecule has 210 valence electrons. The van der Waals surface area contributed by atoms with E-state index in [1.54, 1.807) is 12.1 Å². The van der Waals surface area contributed by atoms with Gasteiger partial charge in [0.05, 0.1) is 31.5 Å². The first-order valence-electron chi connectivity index (χ1n) is 14.8. The second-order valence-electron chi connectivity index (χ2n) is 10.2. The maximum Gasteiger partial charge on any atom is 0.128 e. The topological polar surface area (TPSA) is 62.5 Å². The number of hydrogen-bond donors (Lipinski definition) is 1. The number of aliphatic hydroxyl groups is 1. The lowest BCUT2D eigenvalue weighted by molar-refractivity contribution is -0.0503. The van der Waals surface area contributed by atoms with Crippen LogP contribution in [-0.2, 0) is 22.5 Å². The lowest BCUT2D eigenvalue weighted by Crippen LogP contribution is -2.24. The van der Waals surface area contributed by atoms with Gasteiger partial charge in [-0.15, -0.1) is 6.58 Å². The van der Waals surface area contributed by atoms with Crippen molar-refractivity contribution < 1.29 is 19.0 Å². The fourth-order valence-corrected chi connectivity index (χ4v) is 4.56. The molecule has 0 saturated carbocycles. The Hall–Kier alpha value is -1.74. The third-order valence-corrected chi connectivity index (χ3v) is 6.86. The average Bonchev–Trinajstić information content (AvgIpc) is 2.90. The van der Waals surface area contributed by atoms with Crippen molar-refractivity contribution in [1.29, 1.82) is 5.26 Å². The van der Waals surface area contributed by atoms with Crippen LogP contribution in [0.4, 0.5) is 4.39 Å². The molecule has 0 bridgehead atoms. The minimum Gasteiger partial charge on any atom is -0.394 e. The Kier molecular flexibility index (Phi) is 21.0. The van der Waals surface area contributed by atoms with Crippen molar-refractivity contribution in [3.8, 4) is 6.07 Å². The molecule has 1 atom stereocenters. The molecule has 4 nitrogen and oxygen atoms in total. The molecule has 37 heavy (non-hydrogen) atoms. The van der Waals surface area contributed by atoms with E-state index >= 15 is 0 Å². The molecular weight excluding hydrogens is 465 g/mol. The summed E-state index contributed by atoms with van der Waals surface area (Å²) in [6.45, 7) is 6.79. The van der Waals surface area contributed by atoms with Gasteiger partial charge in [0.15, 0.2) is 0 Å². The predicted octanol–water partition coefficient (Wildman–Crippen LogP) is 8.58. The first-order valence-corrected chi connectivity index (χ1v) is 14.8. The molecule has 0 saturated heterocycles. The van der Waals surface area contributed by atoms with E-state index in [2.05, 4.69) is 13.5 Å². The normalized spacial score (nSPS) is 11.9. The van der Waals surface area contributed by atoms with Gasteiger partial charge < -0.3 is 14.6 Å². The van der Waals surface area contributed by atoms with Crippen LogP contribution in [-0.4, -0.2) is 31.0 Å². The number of aliphatic hydroxyl groups excluding tert-OH is 1. The highest BCUT2D eigenvalue weighted by Gasteiger charge is 2.13. The quantitative estimate of drug-likeness (QED) is 0.104. The summed E-state index contributed by atoms with van der Waals surface area (Å²) in [5.41, 5.74) is 1.21. The van der Waals surface area contributed by atoms with Crippen LogP contribution >= 0.6 is 0 Å². The van der Waals surface area contributed by atoms with Gasteiger partial charge >= 0.3 is 0 Å². The second kappa shape index (κ2) is 23.4. The maximum atomic E-state index is 14.3. The molecule has 1 N–H and O–H groups in total. The molecule has 0 aliphatic carbocycles. The van der Waals surface area contributed by atoms with E-state index in [1.807, 2.05) is 6.07 Å². The van der Waals surface area contributed by atoms with Crippen LogP contribution in [0.2, 0.25) is 0 Å². The fourth-order valence-electron chi connectivity index (χ4n) is 4.56. The largest absolute Gasteiger partial charge is 0.394 e. The molecule has 1 rings (SSSR count). The second-order valence-corrected chi connectivity index (χ2v) is 10.2. The third-order valence-electron chi connectivity index (χ3n) is 6.86. The molecule has 0 amide bonds. The lowest BCUT2D eigenvalue weighted by atomic mass is 10.0. The van der Waals surface area contributed by atoms with Gasteiger partial charge in [0, 0.05) is 12.2 Å². The Labute approximate surface area is 226 Å². The number of unbranched alkanes of at least 4 members (excludes halogenated alkanes) is 15. The van der Waals surface area contributed by atoms with Gasteiger partial charge in [0.25, 0.3) is 0 Å². The Balaban J connectivity index is 2.00. The van der Waals surface area contributed by atoms with Crippen LogP contribution in [0.15, 0.2) is 24.8 Å². The zero-order chi connectivity index (χ0) is 27.0. The summed E-state index contributed by atoms with van der Waals surface area (Å²) in [4.78, 5) is 0. The maximum absolute atomic E-state index is 14.3. The first-order chi connectivity index (χ1) is 18.2. The van der Waals surface area contributed by atoms with Gasteiger partial charge in [-0.25, -0.2) is 4.39 Å². The molecule has 1 aromatic rings. The van der Waals surface area contributed by atoms with Gasteiger partial charge in [-0.2, -0.15) is 5.26 Å². The molecule has 0 aliphatic heterocycles. The highest BCUT2D eigenvalue weighted by atomic mass is 19.1. The molecule has 0 aliphatic rings. The predicted molar refractivity (Wildman–Crippen MR) is 151 cm³/mol. The summed E-state index contributed by atoms with van der Waals surface area (Å²) >= 11 is 0. The molecule has 0 radical (unpaired) electrons. The van der Waals surface area contributed by atoms with Crippen molar-refractivity contribution in [2.24, 2.45) is 0 Å². The molecule has 1 aromatic carbocycles. The Morgan fingerprint density at radius 1 is 0.919 bits per heavy atom. The number of nitrogens with zero attached hydrogens (tertiary/aromatic N) is 1. The number of benzene rings is 1. The van der Waals surface area contributed by atoms with E-state index < -0.39 is 11.9 Å². The van der Waals surface area contributed by atoms with Crippen LogP contribution in [0, 0.1) is 17.1 Å². The Bertz CT molecular complexity index is 746. The smallest absolute Gasteiger partial charge is 0.128 e. The van der Waals surface area contributed by atoms with Crippen LogP contribution in [0.3, 0.4) is 0 Å². The van der Waals surface area contributed by atoms with Crippen LogP contribution in [0.1, 0.15) is 126 Å². The number of rotatable bonds is 25. The molecule has 0 spiro atoms. The number of hydrogen-bond acceptors (Lipinski definition) is 4. The van der Waals surface area contributed by atoms with Gasteiger partial charge in [-0.05, 0) is 30.5 Å². The lowest BCUT2D eigenvalue weighted by Gasteiger charge is -2.16. The zero-order valence-corrected chi connectivity index (χ0v) is 23.5. The number of nitriles is 1. The SMILES string of the molecule is C=CCc1c(F)cc(CO[C@@H](CO)COCCCCCCCCCCCCCCCCCC)cc1C#N. The van der Waals surface area contributed by atoms with Crippen LogP contribution in [0.5, 0.6) is 0 Å². The Morgan fingerprint density at radius 2 is 1.46 bits per heavy atom. The fraction of sp³-hybridized carbons (Fsp3) is 0.719. The van der Waals surface area contributed by atoms with Crippen molar-refractivity contribution in [2.75, 3.05) is 19.8 Å². The van der Waals surface area contributed by atoms with Gasteiger partial charge in [-0.3, -0.25) is 0 Å². The van der Waals surface area contributed by atoms with E-state index in [9.17, 15) is 14.8 Å². The standard InChI is InChI=1S/C32H52FNO3/c1-3-5-6-7-8-9-10-11-12-13-14-15-16-17-18-19-21-36-27-30(25-35)37-26-28-22-29(24-34)31(20-4-2)32(33)23-28/h4,22-23,30,35H,2-3,5-21,25-27H2,1H3/t30-/m0/s1. The molecule has 0 unspecified atom stereocenters. The van der Waals surface area contributed by atoms with E-state index in [0.29, 0.717) is 36.3 Å². The molecule has 0 heterocycles. The highest BCUT2D eigenvalue weighted by Crippen LogP contribution is 2.19. The molecular formula is C32H52FNO3. The monoisotopic (exact) mass is 517 g/mol. The summed E-state index contributed by atoms with van der Waals surface area (Å²) in [7, 11) is 0. The Morgan fingerprint density at radius 3 is 1.95 bits per heavy atom. The molecule has 5 heteroatoms. The van der Waals surface area contributed by atoms with Crippen LogP contribution < -0.4 is 0 Å². The minimum atomic E-state index is -0.470. The van der Waals surface area contributed by atoms with E-state index in [4.69, 9.17) is 9.47 Å². The highest BCUT2D eigenvalue weighted by molar-refractivity contribution is 5.42. The van der Waals surface area contributed by atoms with Crippen molar-refractivity contribution in [3.63, 3.8) is 0 Å². The minimum absolute atomic E-state index is 0.119. The summed E-state index contributed by atoms with van der Waals surface area (Å²) in [6.07, 6.45) is 22.8. The van der Waals surface area contributed by atoms with Crippen LogP contribution in [0.25, 0.3) is 0 Å². The first kappa shape index (κ1) is 33.3. The van der Waals surface area contributed by atoms with Crippen molar-refractivity contribution in [1.82, 2.24) is 0 Å². The zero-order valence-electron chi connectivity index (χ0n) is 23.5. The summed E-state index contributed by atoms with van der Waals surface area (Å²) in [5, 5.41) is 18.9. The van der Waals surface area contributed by atoms with Gasteiger partial charge in [0.1, 0.15) is 11.9 Å². The number of halogens is 1. The molecule has 0 fully saturated rings. The summed E-state index contributed by atoms with van der Waals surface area (Å²) in [5.74, 6) is -0.433. The number of ether oxygens (including phenoxy) is 2. The van der Waals surface area contributed by atoms with E-state index in [0.717, 1.165) is 12.8 Å². The van der Waals surface area contributed by atoms with E-state index in [-0.39, 0.29) is 13.2 Å². The molecule has 0 aromatic heterocycles. The van der Waals surface area contributed by atoms with Crippen molar-refractivity contribution in [3.05, 3.63) is 47.3 Å². The third kappa shape index (κ3) is 16.7. The summed E-state index contributed by atoms with van der Waals surface area (Å²) in [6, 6.07) is 5.05. The van der Waals surface area contributed by atoms with Gasteiger partial charge in [-0.1, -0.05) is 109 Å². The van der Waals surface area contributed by atoms with E-state index in [1.165, 1.54) is 96.0 Å². The summed E-state index contributed by atoms with van der Waals surface area (Å²) < 4.78 is 25.7. The number of allylic oxidation sites excluding steroid dienone is 1. The van der Waals surface area contributed by atoms with Gasteiger partial charge in [0.2, 0.25) is 0 Å². The van der Waals surface area contributed by atoms with Crippen molar-refractivity contribution in [2.45, 2.75) is 129 Å².